The summed E-state index contributed by atoms with van der Waals surface area (Å²) in [6.07, 6.45) is 7.95. The van der Waals surface area contributed by atoms with E-state index in [2.05, 4.69) is 4.98 Å². The van der Waals surface area contributed by atoms with Gasteiger partial charge in [0.2, 0.25) is 0 Å². The van der Waals surface area contributed by atoms with E-state index in [1.807, 2.05) is 19.1 Å². The third-order valence-electron chi connectivity index (χ3n) is 3.91. The molecule has 0 amide bonds. The van der Waals surface area contributed by atoms with E-state index >= 15 is 0 Å². The van der Waals surface area contributed by atoms with Crippen molar-refractivity contribution in [3.63, 3.8) is 0 Å². The standard InChI is InChI=1S/C15H12BF2N3/c1-11-6-7-12(19-10-11)15-13-4-2-8-20(13)16(17,18)21-9-3-5-14(15)21/h2-10H,1H3. The number of halogens is 2. The molecule has 0 spiro atoms. The van der Waals surface area contributed by atoms with Crippen LogP contribution in [0.4, 0.5) is 8.63 Å². The quantitative estimate of drug-likeness (QED) is 0.737. The van der Waals surface area contributed by atoms with Gasteiger partial charge in [-0.2, -0.15) is 0 Å². The van der Waals surface area contributed by atoms with E-state index in [0.29, 0.717) is 17.1 Å². The van der Waals surface area contributed by atoms with Crippen molar-refractivity contribution in [2.45, 2.75) is 6.92 Å². The van der Waals surface area contributed by atoms with E-state index in [0.717, 1.165) is 20.1 Å². The van der Waals surface area contributed by atoms with Gasteiger partial charge in [-0.3, -0.25) is 4.98 Å². The first kappa shape index (κ1) is 12.3. The van der Waals surface area contributed by atoms with E-state index in [4.69, 9.17) is 0 Å². The summed E-state index contributed by atoms with van der Waals surface area (Å²) < 4.78 is 31.2. The highest BCUT2D eigenvalue weighted by atomic mass is 19.2. The summed E-state index contributed by atoms with van der Waals surface area (Å²) in [4.78, 5) is 4.40. The summed E-state index contributed by atoms with van der Waals surface area (Å²) >= 11 is 0. The third-order valence-corrected chi connectivity index (χ3v) is 3.91. The smallest absolute Gasteiger partial charge is 0.396 e. The molecule has 0 saturated carbocycles. The van der Waals surface area contributed by atoms with Crippen molar-refractivity contribution >= 4 is 18.8 Å². The predicted molar refractivity (Wildman–Crippen MR) is 78.3 cm³/mol. The Morgan fingerprint density at radius 2 is 2.10 bits per heavy atom. The summed E-state index contributed by atoms with van der Waals surface area (Å²) in [7, 11) is 0. The number of hydrogen-bond acceptors (Lipinski definition) is 1. The zero-order valence-corrected chi connectivity index (χ0v) is 11.4. The zero-order chi connectivity index (χ0) is 14.6. The fourth-order valence-electron chi connectivity index (χ4n) is 2.90. The van der Waals surface area contributed by atoms with E-state index in [1.165, 1.54) is 12.4 Å². The Hall–Kier alpha value is -2.50. The summed E-state index contributed by atoms with van der Waals surface area (Å²) in [5, 5.41) is 0. The molecule has 0 aliphatic carbocycles. The van der Waals surface area contributed by atoms with Gasteiger partial charge >= 0.3 is 6.97 Å². The maximum absolute atomic E-state index is 14.6. The molecule has 2 aromatic rings. The highest BCUT2D eigenvalue weighted by molar-refractivity contribution is 6.57. The lowest BCUT2D eigenvalue weighted by Gasteiger charge is -2.30. The minimum absolute atomic E-state index is 0.502. The number of rotatable bonds is 1. The van der Waals surface area contributed by atoms with Gasteiger partial charge in [0.05, 0.1) is 11.3 Å². The van der Waals surface area contributed by atoms with Gasteiger partial charge in [0.25, 0.3) is 0 Å². The molecule has 21 heavy (non-hydrogen) atoms. The number of fused-ring (bicyclic) bond motifs is 2. The number of nitrogens with zero attached hydrogens (tertiary/aromatic N) is 3. The van der Waals surface area contributed by atoms with Gasteiger partial charge in [0.1, 0.15) is 6.21 Å². The summed E-state index contributed by atoms with van der Waals surface area (Å²) in [6.45, 7) is -1.89. The van der Waals surface area contributed by atoms with Crippen LogP contribution in [0, 0.1) is 6.92 Å². The first-order valence-corrected chi connectivity index (χ1v) is 6.76. The van der Waals surface area contributed by atoms with Gasteiger partial charge in [-0.15, -0.1) is 0 Å². The molecule has 0 aromatic carbocycles. The second-order valence-corrected chi connectivity index (χ2v) is 5.29. The second kappa shape index (κ2) is 4.01. The molecule has 0 unspecified atom stereocenters. The first-order chi connectivity index (χ1) is 10.1. The monoisotopic (exact) mass is 283 g/mol. The Morgan fingerprint density at radius 3 is 2.86 bits per heavy atom. The molecular weight excluding hydrogens is 271 g/mol. The molecular formula is C15H12BF2N3. The fourth-order valence-corrected chi connectivity index (χ4v) is 2.90. The molecule has 2 aliphatic heterocycles. The molecule has 4 heterocycles. The molecule has 2 aliphatic rings. The normalized spacial score (nSPS) is 18.5. The minimum atomic E-state index is -3.84. The van der Waals surface area contributed by atoms with Crippen LogP contribution < -0.4 is 0 Å². The van der Waals surface area contributed by atoms with E-state index < -0.39 is 6.97 Å². The highest BCUT2D eigenvalue weighted by Crippen LogP contribution is 2.37. The summed E-state index contributed by atoms with van der Waals surface area (Å²) in [5.74, 6) is 0. The number of allylic oxidation sites excluding steroid dienone is 2. The van der Waals surface area contributed by atoms with Crippen molar-refractivity contribution in [3.8, 4) is 0 Å². The van der Waals surface area contributed by atoms with Crippen molar-refractivity contribution in [2.24, 2.45) is 0 Å². The highest BCUT2D eigenvalue weighted by Gasteiger charge is 2.51. The number of hydrogen-bond donors (Lipinski definition) is 0. The van der Waals surface area contributed by atoms with Crippen LogP contribution >= 0.6 is 0 Å². The van der Waals surface area contributed by atoms with Gasteiger partial charge < -0.3 is 17.6 Å². The lowest BCUT2D eigenvalue weighted by atomic mass is 9.88. The third kappa shape index (κ3) is 1.59. The van der Waals surface area contributed by atoms with Crippen LogP contribution in [0.25, 0.3) is 5.57 Å². The van der Waals surface area contributed by atoms with Crippen LogP contribution in [-0.2, 0) is 0 Å². The Labute approximate surface area is 120 Å². The van der Waals surface area contributed by atoms with E-state index in [1.54, 1.807) is 30.5 Å². The Kier molecular flexibility index (Phi) is 2.34. The van der Waals surface area contributed by atoms with Crippen molar-refractivity contribution in [1.82, 2.24) is 9.46 Å². The molecule has 0 fully saturated rings. The lowest BCUT2D eigenvalue weighted by Crippen LogP contribution is -2.49. The zero-order valence-electron chi connectivity index (χ0n) is 11.4. The molecule has 4 rings (SSSR count). The van der Waals surface area contributed by atoms with Gasteiger partial charge in [0, 0.05) is 24.0 Å². The summed E-state index contributed by atoms with van der Waals surface area (Å²) in [6, 6.07) is 7.16. The van der Waals surface area contributed by atoms with E-state index in [-0.39, 0.29) is 0 Å². The Bertz CT molecular complexity index is 829. The molecule has 104 valence electrons. The molecule has 0 N–H and O–H groups in total. The molecule has 0 atom stereocenters. The molecule has 3 nitrogen and oxygen atoms in total. The predicted octanol–water partition coefficient (Wildman–Crippen LogP) is 2.84. The molecule has 0 bridgehead atoms. The topological polar surface area (TPSA) is 20.8 Å². The van der Waals surface area contributed by atoms with Gasteiger partial charge in [-0.1, -0.05) is 6.07 Å². The van der Waals surface area contributed by atoms with Crippen LogP contribution in [0.3, 0.4) is 0 Å². The molecule has 6 heteroatoms. The number of aryl methyl sites for hydroxylation is 1. The van der Waals surface area contributed by atoms with Gasteiger partial charge in [0.15, 0.2) is 5.70 Å². The fraction of sp³-hybridized carbons (Fsp3) is 0.0667. The van der Waals surface area contributed by atoms with Crippen LogP contribution in [0.2, 0.25) is 0 Å². The number of pyridine rings is 1. The Balaban J connectivity index is 2.04. The second-order valence-electron chi connectivity index (χ2n) is 5.29. The SMILES string of the molecule is Cc1ccc(C2=C3C=CC=[N+]3[B-](F)(F)n3cccc32)nc1. The van der Waals surface area contributed by atoms with Gasteiger partial charge in [-0.25, -0.2) is 0 Å². The molecule has 2 aromatic heterocycles. The molecule has 0 radical (unpaired) electrons. The molecule has 0 saturated heterocycles. The summed E-state index contributed by atoms with van der Waals surface area (Å²) in [5.41, 5.74) is 3.48. The van der Waals surface area contributed by atoms with Crippen molar-refractivity contribution in [2.75, 3.05) is 0 Å². The maximum Gasteiger partial charge on any atom is 0.737 e. The largest absolute Gasteiger partial charge is 0.737 e. The van der Waals surface area contributed by atoms with Crippen molar-refractivity contribution in [1.29, 1.82) is 0 Å². The Morgan fingerprint density at radius 1 is 1.24 bits per heavy atom. The van der Waals surface area contributed by atoms with Crippen LogP contribution in [0.1, 0.15) is 17.0 Å². The average molecular weight is 283 g/mol. The average Bonchev–Trinajstić information content (AvgIpc) is 3.10. The maximum atomic E-state index is 14.6. The van der Waals surface area contributed by atoms with Crippen LogP contribution in [0.5, 0.6) is 0 Å². The first-order valence-electron chi connectivity index (χ1n) is 6.76. The van der Waals surface area contributed by atoms with Crippen LogP contribution in [-0.4, -0.2) is 27.1 Å². The minimum Gasteiger partial charge on any atom is -0.396 e. The van der Waals surface area contributed by atoms with E-state index in [9.17, 15) is 8.63 Å². The van der Waals surface area contributed by atoms with Gasteiger partial charge in [-0.05, 0) is 36.9 Å². The van der Waals surface area contributed by atoms with Crippen LogP contribution in [0.15, 0.2) is 54.5 Å². The van der Waals surface area contributed by atoms with Crippen molar-refractivity contribution < 1.29 is 13.1 Å². The van der Waals surface area contributed by atoms with Crippen molar-refractivity contribution in [3.05, 3.63) is 71.5 Å². The number of aromatic nitrogens is 2. The lowest BCUT2D eigenvalue weighted by molar-refractivity contribution is -0.356.